The summed E-state index contributed by atoms with van der Waals surface area (Å²) >= 11 is 6.09. The van der Waals surface area contributed by atoms with Gasteiger partial charge in [0, 0.05) is 6.07 Å². The summed E-state index contributed by atoms with van der Waals surface area (Å²) in [6, 6.07) is 11.3. The second kappa shape index (κ2) is 6.83. The van der Waals surface area contributed by atoms with Crippen LogP contribution in [0.2, 0.25) is 5.02 Å². The van der Waals surface area contributed by atoms with Crippen LogP contribution in [0, 0.1) is 11.3 Å². The maximum Gasteiger partial charge on any atom is 0.335 e. The molecule has 0 saturated carbocycles. The Kier molecular flexibility index (Phi) is 4.87. The Bertz CT molecular complexity index is 735. The van der Waals surface area contributed by atoms with Crippen molar-refractivity contribution in [2.24, 2.45) is 0 Å². The molecule has 0 fully saturated rings. The molecule has 2 aromatic carbocycles. The van der Waals surface area contributed by atoms with Crippen molar-refractivity contribution in [3.05, 3.63) is 58.1 Å². The third-order valence-electron chi connectivity index (χ3n) is 2.94. The number of methoxy groups -OCH3 is 1. The van der Waals surface area contributed by atoms with Crippen LogP contribution in [0.4, 0.5) is 0 Å². The summed E-state index contributed by atoms with van der Waals surface area (Å²) in [5, 5.41) is 18.0. The lowest BCUT2D eigenvalue weighted by Gasteiger charge is -2.13. The molecule has 1 N–H and O–H groups in total. The Hall–Kier alpha value is -2.71. The predicted molar refractivity (Wildman–Crippen MR) is 80.5 cm³/mol. The number of hydrogen-bond acceptors (Lipinski definition) is 4. The highest BCUT2D eigenvalue weighted by atomic mass is 35.5. The summed E-state index contributed by atoms with van der Waals surface area (Å²) in [5.74, 6) is -0.277. The van der Waals surface area contributed by atoms with Crippen molar-refractivity contribution in [1.82, 2.24) is 0 Å². The molecule has 0 aliphatic heterocycles. The van der Waals surface area contributed by atoms with Crippen LogP contribution in [-0.2, 0) is 6.61 Å². The molecule has 2 rings (SSSR count). The van der Waals surface area contributed by atoms with Crippen molar-refractivity contribution in [2.75, 3.05) is 7.11 Å². The van der Waals surface area contributed by atoms with E-state index in [4.69, 9.17) is 31.4 Å². The molecule has 0 aliphatic carbocycles. The third-order valence-corrected chi connectivity index (χ3v) is 3.22. The smallest absolute Gasteiger partial charge is 0.335 e. The highest BCUT2D eigenvalue weighted by molar-refractivity contribution is 6.32. The van der Waals surface area contributed by atoms with Crippen LogP contribution in [0.15, 0.2) is 36.4 Å². The fourth-order valence-corrected chi connectivity index (χ4v) is 2.09. The number of hydrogen-bond donors (Lipinski definition) is 1. The van der Waals surface area contributed by atoms with E-state index in [-0.39, 0.29) is 17.2 Å². The number of ether oxygens (including phenoxy) is 2. The zero-order chi connectivity index (χ0) is 16.1. The number of benzene rings is 2. The second-order valence-electron chi connectivity index (χ2n) is 4.39. The molecular formula is C16H12ClNO4. The Labute approximate surface area is 132 Å². The highest BCUT2D eigenvalue weighted by Crippen LogP contribution is 2.36. The van der Waals surface area contributed by atoms with Crippen LogP contribution in [0.3, 0.4) is 0 Å². The van der Waals surface area contributed by atoms with Gasteiger partial charge < -0.3 is 14.6 Å². The summed E-state index contributed by atoms with van der Waals surface area (Å²) in [4.78, 5) is 10.8. The second-order valence-corrected chi connectivity index (χ2v) is 4.80. The van der Waals surface area contributed by atoms with Crippen molar-refractivity contribution in [2.45, 2.75) is 6.61 Å². The van der Waals surface area contributed by atoms with Gasteiger partial charge in [0.05, 0.1) is 29.3 Å². The number of nitriles is 1. The molecule has 2 aromatic rings. The first kappa shape index (κ1) is 15.7. The van der Waals surface area contributed by atoms with Crippen molar-refractivity contribution in [1.29, 1.82) is 5.26 Å². The maximum absolute atomic E-state index is 10.8. The number of carbonyl (C=O) groups is 1. The van der Waals surface area contributed by atoms with E-state index in [1.807, 2.05) is 6.07 Å². The van der Waals surface area contributed by atoms with Crippen molar-refractivity contribution >= 4 is 17.6 Å². The van der Waals surface area contributed by atoms with Crippen molar-refractivity contribution in [3.8, 4) is 17.6 Å². The molecule has 112 valence electrons. The fourth-order valence-electron chi connectivity index (χ4n) is 1.82. The van der Waals surface area contributed by atoms with Gasteiger partial charge >= 0.3 is 5.97 Å². The van der Waals surface area contributed by atoms with E-state index in [2.05, 4.69) is 0 Å². The van der Waals surface area contributed by atoms with Crippen LogP contribution in [-0.4, -0.2) is 18.2 Å². The average Bonchev–Trinajstić information content (AvgIpc) is 2.53. The molecule has 0 bridgehead atoms. The molecule has 0 amide bonds. The van der Waals surface area contributed by atoms with Gasteiger partial charge in [-0.15, -0.1) is 0 Å². The lowest BCUT2D eigenvalue weighted by molar-refractivity contribution is 0.0697. The topological polar surface area (TPSA) is 79.5 Å². The van der Waals surface area contributed by atoms with E-state index in [1.165, 1.54) is 31.4 Å². The molecule has 5 nitrogen and oxygen atoms in total. The van der Waals surface area contributed by atoms with Gasteiger partial charge in [0.1, 0.15) is 6.61 Å². The zero-order valence-electron chi connectivity index (χ0n) is 11.7. The number of halogens is 1. The molecule has 6 heteroatoms. The van der Waals surface area contributed by atoms with E-state index in [1.54, 1.807) is 12.1 Å². The molecule has 0 radical (unpaired) electrons. The lowest BCUT2D eigenvalue weighted by atomic mass is 10.1. The SMILES string of the molecule is COc1cc(C#N)cc(Cl)c1OCc1ccc(C(=O)O)cc1. The largest absolute Gasteiger partial charge is 0.493 e. The maximum atomic E-state index is 10.8. The number of rotatable bonds is 5. The van der Waals surface area contributed by atoms with E-state index in [0.29, 0.717) is 17.1 Å². The minimum atomic E-state index is -0.982. The first-order valence-corrected chi connectivity index (χ1v) is 6.65. The number of carboxylic acids is 1. The van der Waals surface area contributed by atoms with Gasteiger partial charge in [-0.05, 0) is 23.8 Å². The van der Waals surface area contributed by atoms with Crippen molar-refractivity contribution < 1.29 is 19.4 Å². The summed E-state index contributed by atoms with van der Waals surface area (Å²) in [6.45, 7) is 0.196. The third kappa shape index (κ3) is 3.48. The van der Waals surface area contributed by atoms with Crippen LogP contribution in [0.5, 0.6) is 11.5 Å². The minimum Gasteiger partial charge on any atom is -0.493 e. The first-order valence-electron chi connectivity index (χ1n) is 6.28. The van der Waals surface area contributed by atoms with Crippen LogP contribution in [0.1, 0.15) is 21.5 Å². The minimum absolute atomic E-state index is 0.196. The normalized spacial score (nSPS) is 9.86. The molecule has 22 heavy (non-hydrogen) atoms. The summed E-state index contributed by atoms with van der Waals surface area (Å²) in [6.07, 6.45) is 0. The summed E-state index contributed by atoms with van der Waals surface area (Å²) < 4.78 is 10.8. The number of nitrogens with zero attached hydrogens (tertiary/aromatic N) is 1. The van der Waals surface area contributed by atoms with Gasteiger partial charge in [-0.3, -0.25) is 0 Å². The quantitative estimate of drug-likeness (QED) is 0.913. The molecule has 0 aromatic heterocycles. The number of aromatic carboxylic acids is 1. The Balaban J connectivity index is 2.17. The Morgan fingerprint density at radius 1 is 1.32 bits per heavy atom. The monoisotopic (exact) mass is 317 g/mol. The molecule has 0 spiro atoms. The zero-order valence-corrected chi connectivity index (χ0v) is 12.4. The van der Waals surface area contributed by atoms with Gasteiger partial charge in [-0.1, -0.05) is 23.7 Å². The molecular weight excluding hydrogens is 306 g/mol. The summed E-state index contributed by atoms with van der Waals surface area (Å²) in [5.41, 5.74) is 1.37. The number of carboxylic acid groups (broad SMARTS) is 1. The fraction of sp³-hybridized carbons (Fsp3) is 0.125. The van der Waals surface area contributed by atoms with E-state index >= 15 is 0 Å². The van der Waals surface area contributed by atoms with Gasteiger partial charge in [0.2, 0.25) is 0 Å². The highest BCUT2D eigenvalue weighted by Gasteiger charge is 2.12. The van der Waals surface area contributed by atoms with Gasteiger partial charge in [-0.25, -0.2) is 4.79 Å². The molecule has 0 atom stereocenters. The lowest BCUT2D eigenvalue weighted by Crippen LogP contribution is -2.00. The van der Waals surface area contributed by atoms with E-state index < -0.39 is 5.97 Å². The predicted octanol–water partition coefficient (Wildman–Crippen LogP) is 3.50. The molecule has 0 saturated heterocycles. The van der Waals surface area contributed by atoms with Gasteiger partial charge in [-0.2, -0.15) is 5.26 Å². The molecule has 0 heterocycles. The van der Waals surface area contributed by atoms with Gasteiger partial charge in [0.25, 0.3) is 0 Å². The van der Waals surface area contributed by atoms with Crippen LogP contribution < -0.4 is 9.47 Å². The van der Waals surface area contributed by atoms with Crippen molar-refractivity contribution in [3.63, 3.8) is 0 Å². The van der Waals surface area contributed by atoms with Gasteiger partial charge in [0.15, 0.2) is 11.5 Å². The Morgan fingerprint density at radius 2 is 2.00 bits per heavy atom. The van der Waals surface area contributed by atoms with Crippen LogP contribution in [0.25, 0.3) is 0 Å². The van der Waals surface area contributed by atoms with E-state index in [0.717, 1.165) is 5.56 Å². The molecule has 0 aliphatic rings. The van der Waals surface area contributed by atoms with Crippen LogP contribution >= 0.6 is 11.6 Å². The standard InChI is InChI=1S/C16H12ClNO4/c1-21-14-7-11(8-18)6-13(17)15(14)22-9-10-2-4-12(5-3-10)16(19)20/h2-7H,9H2,1H3,(H,19,20). The first-order chi connectivity index (χ1) is 10.5. The summed E-state index contributed by atoms with van der Waals surface area (Å²) in [7, 11) is 1.46. The average molecular weight is 318 g/mol. The molecule has 0 unspecified atom stereocenters. The Morgan fingerprint density at radius 3 is 2.55 bits per heavy atom. The van der Waals surface area contributed by atoms with E-state index in [9.17, 15) is 4.79 Å².